The molecule has 2 fully saturated rings. The van der Waals surface area contributed by atoms with Crippen LogP contribution in [0.1, 0.15) is 73.5 Å². The zero-order valence-electron chi connectivity index (χ0n) is 21.3. The number of aryl methyl sites for hydroxylation is 2. The maximum Gasteiger partial charge on any atom is 0.416 e. The van der Waals surface area contributed by atoms with Gasteiger partial charge in [-0.1, -0.05) is 44.2 Å². The van der Waals surface area contributed by atoms with E-state index in [0.717, 1.165) is 23.6 Å². The average Bonchev–Trinajstić information content (AvgIpc) is 3.26. The summed E-state index contributed by atoms with van der Waals surface area (Å²) in [4.78, 5) is 31.7. The van der Waals surface area contributed by atoms with E-state index in [1.807, 2.05) is 34.9 Å². The topological polar surface area (TPSA) is 43.9 Å². The molecule has 0 aliphatic carbocycles. The molecule has 36 heavy (non-hydrogen) atoms. The molecule has 0 saturated carbocycles. The van der Waals surface area contributed by atoms with E-state index in [9.17, 15) is 22.8 Å². The van der Waals surface area contributed by atoms with Crippen LogP contribution in [-0.2, 0) is 23.8 Å². The third kappa shape index (κ3) is 4.82. The van der Waals surface area contributed by atoms with E-state index in [1.54, 1.807) is 20.0 Å². The van der Waals surface area contributed by atoms with E-state index in [0.29, 0.717) is 43.5 Å². The Kier molecular flexibility index (Phi) is 7.34. The second-order valence-corrected chi connectivity index (χ2v) is 9.77. The molecule has 0 spiro atoms. The fourth-order valence-corrected chi connectivity index (χ4v) is 5.59. The summed E-state index contributed by atoms with van der Waals surface area (Å²) in [5.74, 6) is 0.115. The standard InChI is InChI=1S/C28H34F3N3O2/c1-5-19-15-21(17-22(16-19)28(29,30)31)18(3)32(4)27(36)34-14-13-33-24(11-12-25(33)35)26(34)23-10-8-7-9-20(23)6-2/h7-10,15-18,24,26H,5-6,11-14H2,1-4H3/t18-,24+,26+/m1/s1. The van der Waals surface area contributed by atoms with Crippen molar-refractivity contribution < 1.29 is 22.8 Å². The molecule has 3 atom stereocenters. The van der Waals surface area contributed by atoms with Gasteiger partial charge in [-0.15, -0.1) is 0 Å². The van der Waals surface area contributed by atoms with Crippen LogP contribution < -0.4 is 0 Å². The second kappa shape index (κ2) is 10.1. The maximum atomic E-state index is 13.9. The van der Waals surface area contributed by atoms with E-state index in [1.165, 1.54) is 11.0 Å². The summed E-state index contributed by atoms with van der Waals surface area (Å²) in [6.45, 7) is 6.49. The molecule has 4 rings (SSSR count). The van der Waals surface area contributed by atoms with Crippen molar-refractivity contribution in [3.8, 4) is 0 Å². The Labute approximate surface area is 210 Å². The number of fused-ring (bicyclic) bond motifs is 1. The zero-order valence-corrected chi connectivity index (χ0v) is 21.3. The molecule has 0 unspecified atom stereocenters. The Hall–Kier alpha value is -3.03. The summed E-state index contributed by atoms with van der Waals surface area (Å²) < 4.78 is 40.6. The number of carbonyl (C=O) groups is 2. The van der Waals surface area contributed by atoms with Gasteiger partial charge in [-0.3, -0.25) is 4.79 Å². The van der Waals surface area contributed by atoms with Gasteiger partial charge < -0.3 is 14.7 Å². The first-order valence-electron chi connectivity index (χ1n) is 12.7. The average molecular weight is 502 g/mol. The van der Waals surface area contributed by atoms with Crippen molar-refractivity contribution in [3.63, 3.8) is 0 Å². The van der Waals surface area contributed by atoms with Crippen molar-refractivity contribution >= 4 is 11.9 Å². The summed E-state index contributed by atoms with van der Waals surface area (Å²) in [5.41, 5.74) is 2.50. The smallest absolute Gasteiger partial charge is 0.335 e. The summed E-state index contributed by atoms with van der Waals surface area (Å²) in [6, 6.07) is 10.9. The highest BCUT2D eigenvalue weighted by Gasteiger charge is 2.46. The van der Waals surface area contributed by atoms with Crippen molar-refractivity contribution in [2.45, 2.75) is 70.8 Å². The Morgan fingerprint density at radius 3 is 2.50 bits per heavy atom. The molecule has 0 bridgehead atoms. The highest BCUT2D eigenvalue weighted by Crippen LogP contribution is 2.40. The van der Waals surface area contributed by atoms with E-state index >= 15 is 0 Å². The molecule has 194 valence electrons. The predicted octanol–water partition coefficient (Wildman–Crippen LogP) is 5.99. The SMILES string of the molecule is CCc1cc([C@@H](C)N(C)C(=O)N2CCN3C(=O)CC[C@H]3[C@@H]2c2ccccc2CC)cc(C(F)(F)F)c1. The van der Waals surface area contributed by atoms with Gasteiger partial charge in [-0.2, -0.15) is 13.2 Å². The van der Waals surface area contributed by atoms with E-state index in [4.69, 9.17) is 0 Å². The van der Waals surface area contributed by atoms with Gasteiger partial charge >= 0.3 is 12.2 Å². The lowest BCUT2D eigenvalue weighted by molar-refractivity contribution is -0.137. The number of rotatable bonds is 5. The predicted molar refractivity (Wildman–Crippen MR) is 132 cm³/mol. The van der Waals surface area contributed by atoms with Crippen LogP contribution in [0, 0.1) is 0 Å². The summed E-state index contributed by atoms with van der Waals surface area (Å²) in [5, 5.41) is 0. The van der Waals surface area contributed by atoms with E-state index in [-0.39, 0.29) is 24.0 Å². The fourth-order valence-electron chi connectivity index (χ4n) is 5.59. The number of nitrogens with zero attached hydrogens (tertiary/aromatic N) is 3. The van der Waals surface area contributed by atoms with Crippen LogP contribution in [0.15, 0.2) is 42.5 Å². The van der Waals surface area contributed by atoms with E-state index < -0.39 is 17.8 Å². The molecule has 2 heterocycles. The summed E-state index contributed by atoms with van der Waals surface area (Å²) >= 11 is 0. The number of benzene rings is 2. The van der Waals surface area contributed by atoms with Crippen molar-refractivity contribution in [3.05, 3.63) is 70.3 Å². The highest BCUT2D eigenvalue weighted by molar-refractivity contribution is 5.81. The fraction of sp³-hybridized carbons (Fsp3) is 0.500. The minimum atomic E-state index is -4.46. The molecule has 2 aliphatic rings. The Morgan fingerprint density at radius 1 is 1.11 bits per heavy atom. The monoisotopic (exact) mass is 501 g/mol. The quantitative estimate of drug-likeness (QED) is 0.505. The van der Waals surface area contributed by atoms with Crippen LogP contribution in [0.3, 0.4) is 0 Å². The zero-order chi connectivity index (χ0) is 26.2. The highest BCUT2D eigenvalue weighted by atomic mass is 19.4. The van der Waals surface area contributed by atoms with E-state index in [2.05, 4.69) is 13.0 Å². The largest absolute Gasteiger partial charge is 0.416 e. The molecule has 0 N–H and O–H groups in total. The van der Waals surface area contributed by atoms with Crippen molar-refractivity contribution in [2.75, 3.05) is 20.1 Å². The van der Waals surface area contributed by atoms with Crippen LogP contribution in [0.5, 0.6) is 0 Å². The Morgan fingerprint density at radius 2 is 1.83 bits per heavy atom. The first kappa shape index (κ1) is 26.0. The third-order valence-electron chi connectivity index (χ3n) is 7.77. The summed E-state index contributed by atoms with van der Waals surface area (Å²) in [7, 11) is 1.65. The number of urea groups is 1. The molecule has 2 saturated heterocycles. The van der Waals surface area contributed by atoms with Crippen LogP contribution in [0.2, 0.25) is 0 Å². The Balaban J connectivity index is 1.68. The summed E-state index contributed by atoms with van der Waals surface area (Å²) in [6.07, 6.45) is -2.05. The van der Waals surface area contributed by atoms with Crippen LogP contribution in [-0.4, -0.2) is 52.8 Å². The van der Waals surface area contributed by atoms with Crippen molar-refractivity contribution in [2.24, 2.45) is 0 Å². The normalized spacial score (nSPS) is 20.9. The molecule has 0 aromatic heterocycles. The number of amides is 3. The van der Waals surface area contributed by atoms with Gasteiger partial charge in [-0.25, -0.2) is 4.79 Å². The minimum absolute atomic E-state index is 0.105. The van der Waals surface area contributed by atoms with Gasteiger partial charge in [-0.05, 0) is 60.6 Å². The Bertz CT molecular complexity index is 1130. The van der Waals surface area contributed by atoms with Crippen LogP contribution in [0.25, 0.3) is 0 Å². The third-order valence-corrected chi connectivity index (χ3v) is 7.77. The maximum absolute atomic E-state index is 13.9. The number of hydrogen-bond donors (Lipinski definition) is 0. The van der Waals surface area contributed by atoms with Gasteiger partial charge in [0, 0.05) is 26.6 Å². The molecule has 8 heteroatoms. The molecular weight excluding hydrogens is 467 g/mol. The first-order valence-corrected chi connectivity index (χ1v) is 12.7. The number of halogens is 3. The van der Waals surface area contributed by atoms with Gasteiger partial charge in [0.2, 0.25) is 5.91 Å². The molecule has 2 aromatic carbocycles. The molecule has 5 nitrogen and oxygen atoms in total. The molecule has 2 aromatic rings. The number of carbonyl (C=O) groups excluding carboxylic acids is 2. The lowest BCUT2D eigenvalue weighted by atomic mass is 9.89. The molecule has 2 aliphatic heterocycles. The van der Waals surface area contributed by atoms with Crippen LogP contribution >= 0.6 is 0 Å². The van der Waals surface area contributed by atoms with Crippen molar-refractivity contribution in [1.29, 1.82) is 0 Å². The molecule has 0 radical (unpaired) electrons. The van der Waals surface area contributed by atoms with Crippen molar-refractivity contribution in [1.82, 2.24) is 14.7 Å². The van der Waals surface area contributed by atoms with Gasteiger partial charge in [0.05, 0.1) is 23.7 Å². The van der Waals surface area contributed by atoms with Gasteiger partial charge in [0.1, 0.15) is 0 Å². The lowest BCUT2D eigenvalue weighted by Crippen LogP contribution is -2.57. The minimum Gasteiger partial charge on any atom is -0.335 e. The first-order chi connectivity index (χ1) is 17.1. The van der Waals surface area contributed by atoms with Gasteiger partial charge in [0.15, 0.2) is 0 Å². The molecule has 3 amide bonds. The van der Waals surface area contributed by atoms with Gasteiger partial charge in [0.25, 0.3) is 0 Å². The second-order valence-electron chi connectivity index (χ2n) is 9.77. The number of alkyl halides is 3. The number of hydrogen-bond acceptors (Lipinski definition) is 2. The number of piperazine rings is 1. The molecular formula is C28H34F3N3O2. The van der Waals surface area contributed by atoms with Crippen LogP contribution in [0.4, 0.5) is 18.0 Å². The lowest BCUT2D eigenvalue weighted by Gasteiger charge is -2.47.